The van der Waals surface area contributed by atoms with Gasteiger partial charge in [-0.25, -0.2) is 0 Å². The number of rotatable bonds is 8. The van der Waals surface area contributed by atoms with Crippen LogP contribution in [0.4, 0.5) is 0 Å². The molecular weight excluding hydrogens is 262 g/mol. The number of nitrogens with one attached hydrogen (secondary N) is 1. The molecule has 2 rings (SSSR count). The Morgan fingerprint density at radius 2 is 2.05 bits per heavy atom. The summed E-state index contributed by atoms with van der Waals surface area (Å²) in [7, 11) is 0. The lowest BCUT2D eigenvalue weighted by Crippen LogP contribution is -2.48. The predicted octanol–water partition coefficient (Wildman–Crippen LogP) is 2.34. The van der Waals surface area contributed by atoms with Gasteiger partial charge in [-0.1, -0.05) is 13.8 Å². The van der Waals surface area contributed by atoms with Gasteiger partial charge in [0.2, 0.25) is 0 Å². The minimum absolute atomic E-state index is 0.624. The molecule has 1 aliphatic rings. The minimum Gasteiger partial charge on any atom is -0.379 e. The highest BCUT2D eigenvalue weighted by Crippen LogP contribution is 2.13. The van der Waals surface area contributed by atoms with Crippen molar-refractivity contribution in [2.24, 2.45) is 5.92 Å². The Morgan fingerprint density at radius 3 is 2.71 bits per heavy atom. The van der Waals surface area contributed by atoms with E-state index in [9.17, 15) is 0 Å². The third-order valence-electron chi connectivity index (χ3n) is 4.26. The van der Waals surface area contributed by atoms with Crippen LogP contribution >= 0.6 is 0 Å². The van der Waals surface area contributed by atoms with Gasteiger partial charge in [0.05, 0.1) is 13.2 Å². The molecule has 4 heteroatoms. The van der Waals surface area contributed by atoms with Crippen LogP contribution in [0.2, 0.25) is 0 Å². The molecule has 1 N–H and O–H groups in total. The molecule has 21 heavy (non-hydrogen) atoms. The van der Waals surface area contributed by atoms with Crippen molar-refractivity contribution in [1.82, 2.24) is 14.8 Å². The van der Waals surface area contributed by atoms with E-state index < -0.39 is 0 Å². The quantitative estimate of drug-likeness (QED) is 0.798. The van der Waals surface area contributed by atoms with Gasteiger partial charge in [-0.3, -0.25) is 4.90 Å². The van der Waals surface area contributed by atoms with Crippen LogP contribution < -0.4 is 5.32 Å². The van der Waals surface area contributed by atoms with Gasteiger partial charge in [0.1, 0.15) is 0 Å². The Balaban J connectivity index is 1.83. The third kappa shape index (κ3) is 5.13. The van der Waals surface area contributed by atoms with Crippen molar-refractivity contribution in [2.45, 2.75) is 46.3 Å². The zero-order valence-electron chi connectivity index (χ0n) is 13.8. The maximum absolute atomic E-state index is 5.48. The van der Waals surface area contributed by atoms with Crippen molar-refractivity contribution in [3.63, 3.8) is 0 Å². The summed E-state index contributed by atoms with van der Waals surface area (Å²) in [6.45, 7) is 13.8. The lowest BCUT2D eigenvalue weighted by atomic mass is 10.0. The molecule has 120 valence electrons. The molecule has 1 aromatic rings. The van der Waals surface area contributed by atoms with Crippen LogP contribution in [-0.4, -0.2) is 48.4 Å². The highest BCUT2D eigenvalue weighted by atomic mass is 16.5. The predicted molar refractivity (Wildman–Crippen MR) is 87.4 cm³/mol. The summed E-state index contributed by atoms with van der Waals surface area (Å²) in [5.41, 5.74) is 1.38. The Labute approximate surface area is 129 Å². The molecule has 1 unspecified atom stereocenters. The first-order chi connectivity index (χ1) is 10.2. The topological polar surface area (TPSA) is 29.4 Å². The summed E-state index contributed by atoms with van der Waals surface area (Å²) < 4.78 is 7.79. The maximum Gasteiger partial charge on any atom is 0.0594 e. The van der Waals surface area contributed by atoms with Crippen molar-refractivity contribution in [2.75, 3.05) is 32.8 Å². The zero-order chi connectivity index (χ0) is 15.1. The number of nitrogens with zero attached hydrogens (tertiary/aromatic N) is 2. The summed E-state index contributed by atoms with van der Waals surface area (Å²) in [5, 5.41) is 3.66. The van der Waals surface area contributed by atoms with Crippen molar-refractivity contribution < 1.29 is 4.74 Å². The smallest absolute Gasteiger partial charge is 0.0594 e. The second-order valence-corrected chi connectivity index (χ2v) is 6.35. The Hall–Kier alpha value is -0.840. The van der Waals surface area contributed by atoms with Crippen molar-refractivity contribution in [3.05, 3.63) is 24.0 Å². The van der Waals surface area contributed by atoms with Gasteiger partial charge < -0.3 is 14.6 Å². The molecule has 1 aliphatic heterocycles. The van der Waals surface area contributed by atoms with E-state index in [0.717, 1.165) is 51.9 Å². The average molecular weight is 293 g/mol. The molecule has 0 radical (unpaired) electrons. The monoisotopic (exact) mass is 293 g/mol. The largest absolute Gasteiger partial charge is 0.379 e. The van der Waals surface area contributed by atoms with E-state index >= 15 is 0 Å². The van der Waals surface area contributed by atoms with E-state index in [-0.39, 0.29) is 0 Å². The van der Waals surface area contributed by atoms with E-state index in [1.807, 2.05) is 0 Å². The van der Waals surface area contributed by atoms with Gasteiger partial charge in [0, 0.05) is 50.7 Å². The normalized spacial score (nSPS) is 18.3. The minimum atomic E-state index is 0.624. The van der Waals surface area contributed by atoms with Crippen LogP contribution in [0.25, 0.3) is 0 Å². The molecule has 1 saturated heterocycles. The number of hydrogen-bond donors (Lipinski definition) is 1. The highest BCUT2D eigenvalue weighted by Gasteiger charge is 2.21. The average Bonchev–Trinajstić information content (AvgIpc) is 2.94. The van der Waals surface area contributed by atoms with E-state index in [0.29, 0.717) is 6.04 Å². The summed E-state index contributed by atoms with van der Waals surface area (Å²) >= 11 is 0. The molecule has 4 nitrogen and oxygen atoms in total. The van der Waals surface area contributed by atoms with Crippen molar-refractivity contribution >= 4 is 0 Å². The molecule has 1 aromatic heterocycles. The Kier molecular flexibility index (Phi) is 6.74. The molecule has 1 fully saturated rings. The van der Waals surface area contributed by atoms with Gasteiger partial charge in [-0.15, -0.1) is 0 Å². The lowest BCUT2D eigenvalue weighted by Gasteiger charge is -2.35. The van der Waals surface area contributed by atoms with Gasteiger partial charge in [0.15, 0.2) is 0 Å². The summed E-state index contributed by atoms with van der Waals surface area (Å²) in [5.74, 6) is 0.735. The molecule has 2 heterocycles. The summed E-state index contributed by atoms with van der Waals surface area (Å²) in [6.07, 6.45) is 3.41. The van der Waals surface area contributed by atoms with E-state index in [2.05, 4.69) is 53.9 Å². The van der Waals surface area contributed by atoms with E-state index in [4.69, 9.17) is 4.74 Å². The van der Waals surface area contributed by atoms with Gasteiger partial charge in [-0.05, 0) is 31.4 Å². The van der Waals surface area contributed by atoms with E-state index in [1.54, 1.807) is 0 Å². The van der Waals surface area contributed by atoms with Crippen LogP contribution in [-0.2, 0) is 17.8 Å². The molecule has 0 bridgehead atoms. The lowest BCUT2D eigenvalue weighted by molar-refractivity contribution is 0.0123. The van der Waals surface area contributed by atoms with Gasteiger partial charge in [-0.2, -0.15) is 0 Å². The van der Waals surface area contributed by atoms with Crippen molar-refractivity contribution in [1.29, 1.82) is 0 Å². The fourth-order valence-electron chi connectivity index (χ4n) is 3.13. The Bertz CT molecular complexity index is 396. The number of hydrogen-bond acceptors (Lipinski definition) is 3. The summed E-state index contributed by atoms with van der Waals surface area (Å²) in [6, 6.07) is 4.97. The van der Waals surface area contributed by atoms with Gasteiger partial charge in [0.25, 0.3) is 0 Å². The molecular formula is C17H31N3O. The number of aryl methyl sites for hydroxylation is 1. The molecule has 0 aliphatic carbocycles. The highest BCUT2D eigenvalue weighted by molar-refractivity contribution is 5.06. The van der Waals surface area contributed by atoms with Crippen molar-refractivity contribution in [3.8, 4) is 0 Å². The molecule has 1 atom stereocenters. The first-order valence-corrected chi connectivity index (χ1v) is 8.37. The molecule has 0 amide bonds. The fraction of sp³-hybridized carbons (Fsp3) is 0.765. The standard InChI is InChI=1S/C17H31N3O/c1-4-19-7-5-6-16(19)13-18-14-17(12-15(2)3)20-8-10-21-11-9-20/h5-7,15,17-18H,4,8-14H2,1-3H3. The molecule has 0 spiro atoms. The number of ether oxygens (including phenoxy) is 1. The first-order valence-electron chi connectivity index (χ1n) is 8.37. The molecule has 0 aromatic carbocycles. The van der Waals surface area contributed by atoms with Crippen LogP contribution in [0.15, 0.2) is 18.3 Å². The van der Waals surface area contributed by atoms with Crippen LogP contribution in [0.5, 0.6) is 0 Å². The zero-order valence-corrected chi connectivity index (χ0v) is 13.8. The van der Waals surface area contributed by atoms with Crippen LogP contribution in [0.3, 0.4) is 0 Å². The second kappa shape index (κ2) is 8.57. The van der Waals surface area contributed by atoms with E-state index in [1.165, 1.54) is 12.1 Å². The summed E-state index contributed by atoms with van der Waals surface area (Å²) in [4.78, 5) is 2.59. The molecule has 0 saturated carbocycles. The van der Waals surface area contributed by atoms with Gasteiger partial charge >= 0.3 is 0 Å². The van der Waals surface area contributed by atoms with Crippen LogP contribution in [0, 0.1) is 5.92 Å². The number of morpholine rings is 1. The third-order valence-corrected chi connectivity index (χ3v) is 4.26. The SMILES string of the molecule is CCn1cccc1CNCC(CC(C)C)N1CCOCC1. The number of aromatic nitrogens is 1. The second-order valence-electron chi connectivity index (χ2n) is 6.35. The first kappa shape index (κ1) is 16.5. The Morgan fingerprint density at radius 1 is 1.29 bits per heavy atom. The van der Waals surface area contributed by atoms with Crippen LogP contribution in [0.1, 0.15) is 32.9 Å². The fourth-order valence-corrected chi connectivity index (χ4v) is 3.13. The maximum atomic E-state index is 5.48.